The number of halogens is 2. The third kappa shape index (κ3) is 1.93. The van der Waals surface area contributed by atoms with Gasteiger partial charge in [0.2, 0.25) is 0 Å². The van der Waals surface area contributed by atoms with E-state index in [1.54, 1.807) is 0 Å². The quantitative estimate of drug-likeness (QED) is 0.752. The minimum atomic E-state index is 0.410. The molecule has 0 bridgehead atoms. The van der Waals surface area contributed by atoms with Crippen LogP contribution in [0.3, 0.4) is 0 Å². The molecule has 12 heavy (non-hydrogen) atoms. The number of nitrogen functional groups attached to an aromatic ring is 1. The molecule has 2 N–H and O–H groups in total. The topological polar surface area (TPSA) is 26.0 Å². The maximum absolute atomic E-state index is 6.01. The second kappa shape index (κ2) is 3.67. The summed E-state index contributed by atoms with van der Waals surface area (Å²) in [7, 11) is 0. The van der Waals surface area contributed by atoms with Gasteiger partial charge < -0.3 is 5.73 Å². The van der Waals surface area contributed by atoms with E-state index in [9.17, 15) is 0 Å². The predicted molar refractivity (Wildman–Crippen MR) is 57.7 cm³/mol. The van der Waals surface area contributed by atoms with E-state index in [0.29, 0.717) is 5.92 Å². The first-order valence-electron chi connectivity index (χ1n) is 3.76. The Bertz CT molecular complexity index is 297. The predicted octanol–water partition coefficient (Wildman–Crippen LogP) is 3.81. The van der Waals surface area contributed by atoms with Crippen LogP contribution in [0.25, 0.3) is 0 Å². The van der Waals surface area contributed by atoms with Gasteiger partial charge in [-0.3, -0.25) is 0 Å². The molecule has 1 aromatic rings. The average molecular weight is 249 g/mol. The summed E-state index contributed by atoms with van der Waals surface area (Å²) < 4.78 is 0.858. The van der Waals surface area contributed by atoms with Crippen LogP contribution < -0.4 is 5.73 Å². The molecule has 0 aliphatic carbocycles. The van der Waals surface area contributed by atoms with Crippen molar-refractivity contribution in [3.8, 4) is 0 Å². The molecule has 0 aliphatic rings. The first kappa shape index (κ1) is 9.87. The summed E-state index contributed by atoms with van der Waals surface area (Å²) in [5.74, 6) is 0.410. The number of rotatable bonds is 1. The van der Waals surface area contributed by atoms with Crippen molar-refractivity contribution < 1.29 is 0 Å². The van der Waals surface area contributed by atoms with Crippen LogP contribution in [0.4, 0.5) is 5.69 Å². The minimum absolute atomic E-state index is 0.410. The lowest BCUT2D eigenvalue weighted by molar-refractivity contribution is 0.867. The van der Waals surface area contributed by atoms with Gasteiger partial charge in [-0.2, -0.15) is 0 Å². The van der Waals surface area contributed by atoms with Crippen molar-refractivity contribution in [2.75, 3.05) is 5.73 Å². The Morgan fingerprint density at radius 1 is 1.42 bits per heavy atom. The zero-order chi connectivity index (χ0) is 9.30. The van der Waals surface area contributed by atoms with E-state index in [4.69, 9.17) is 17.3 Å². The number of nitrogens with two attached hydrogens (primary N) is 1. The van der Waals surface area contributed by atoms with Crippen molar-refractivity contribution in [1.82, 2.24) is 0 Å². The number of benzene rings is 1. The SMILES string of the molecule is CC(C)c1cc(N)c(Br)cc1Cl. The summed E-state index contributed by atoms with van der Waals surface area (Å²) in [4.78, 5) is 0. The molecule has 0 fully saturated rings. The fraction of sp³-hybridized carbons (Fsp3) is 0.333. The third-order valence-corrected chi connectivity index (χ3v) is 2.75. The lowest BCUT2D eigenvalue weighted by atomic mass is 10.0. The fourth-order valence-corrected chi connectivity index (χ4v) is 1.88. The van der Waals surface area contributed by atoms with Crippen molar-refractivity contribution >= 4 is 33.2 Å². The van der Waals surface area contributed by atoms with Gasteiger partial charge in [0, 0.05) is 15.2 Å². The smallest absolute Gasteiger partial charge is 0.0462 e. The van der Waals surface area contributed by atoms with Gasteiger partial charge in [0.15, 0.2) is 0 Å². The van der Waals surface area contributed by atoms with Gasteiger partial charge in [-0.25, -0.2) is 0 Å². The molecule has 1 nitrogen and oxygen atoms in total. The van der Waals surface area contributed by atoms with Gasteiger partial charge in [-0.1, -0.05) is 25.4 Å². The van der Waals surface area contributed by atoms with Gasteiger partial charge >= 0.3 is 0 Å². The molecular weight excluding hydrogens is 237 g/mol. The molecule has 3 heteroatoms. The molecule has 0 aromatic heterocycles. The molecule has 0 saturated heterocycles. The van der Waals surface area contributed by atoms with Crippen LogP contribution in [-0.2, 0) is 0 Å². The van der Waals surface area contributed by atoms with Gasteiger partial charge in [0.05, 0.1) is 0 Å². The zero-order valence-electron chi connectivity index (χ0n) is 7.07. The molecule has 0 amide bonds. The van der Waals surface area contributed by atoms with Crippen molar-refractivity contribution in [3.63, 3.8) is 0 Å². The molecule has 0 unspecified atom stereocenters. The van der Waals surface area contributed by atoms with Crippen molar-refractivity contribution in [3.05, 3.63) is 27.2 Å². The zero-order valence-corrected chi connectivity index (χ0v) is 9.41. The summed E-state index contributed by atoms with van der Waals surface area (Å²) in [6.07, 6.45) is 0. The maximum atomic E-state index is 6.01. The standard InChI is InChI=1S/C9H11BrClN/c1-5(2)6-3-9(12)7(10)4-8(6)11/h3-5H,12H2,1-2H3. The van der Waals surface area contributed by atoms with Crippen molar-refractivity contribution in [2.45, 2.75) is 19.8 Å². The van der Waals surface area contributed by atoms with Crippen LogP contribution in [0.1, 0.15) is 25.3 Å². The molecule has 1 aromatic carbocycles. The van der Waals surface area contributed by atoms with Crippen molar-refractivity contribution in [1.29, 1.82) is 0 Å². The van der Waals surface area contributed by atoms with Crippen LogP contribution in [0.15, 0.2) is 16.6 Å². The van der Waals surface area contributed by atoms with E-state index in [1.807, 2.05) is 12.1 Å². The number of hydrogen-bond acceptors (Lipinski definition) is 1. The lowest BCUT2D eigenvalue weighted by Crippen LogP contribution is -1.93. The van der Waals surface area contributed by atoms with E-state index in [1.165, 1.54) is 0 Å². The first-order valence-corrected chi connectivity index (χ1v) is 4.94. The lowest BCUT2D eigenvalue weighted by Gasteiger charge is -2.09. The molecule has 66 valence electrons. The summed E-state index contributed by atoms with van der Waals surface area (Å²) >= 11 is 9.33. The fourth-order valence-electron chi connectivity index (χ4n) is 1.03. The highest BCUT2D eigenvalue weighted by Crippen LogP contribution is 2.31. The first-order chi connectivity index (χ1) is 5.52. The maximum Gasteiger partial charge on any atom is 0.0462 e. The summed E-state index contributed by atoms with van der Waals surface area (Å²) in [5.41, 5.74) is 7.56. The van der Waals surface area contributed by atoms with Crippen LogP contribution in [0, 0.1) is 0 Å². The van der Waals surface area contributed by atoms with Crippen LogP contribution in [0.2, 0.25) is 5.02 Å². The molecule has 0 atom stereocenters. The second-order valence-electron chi connectivity index (χ2n) is 3.05. The van der Waals surface area contributed by atoms with Gasteiger partial charge in [0.1, 0.15) is 0 Å². The minimum Gasteiger partial charge on any atom is -0.398 e. The van der Waals surface area contributed by atoms with Crippen LogP contribution >= 0.6 is 27.5 Å². The van der Waals surface area contributed by atoms with Gasteiger partial charge in [0.25, 0.3) is 0 Å². The molecule has 0 radical (unpaired) electrons. The molecule has 0 saturated carbocycles. The van der Waals surface area contributed by atoms with E-state index in [0.717, 1.165) is 20.7 Å². The molecular formula is C9H11BrClN. The summed E-state index contributed by atoms with van der Waals surface area (Å²) in [5, 5.41) is 0.770. The van der Waals surface area contributed by atoms with E-state index < -0.39 is 0 Å². The van der Waals surface area contributed by atoms with E-state index >= 15 is 0 Å². The van der Waals surface area contributed by atoms with Crippen molar-refractivity contribution in [2.24, 2.45) is 0 Å². The Morgan fingerprint density at radius 2 is 2.00 bits per heavy atom. The third-order valence-electron chi connectivity index (χ3n) is 1.74. The highest BCUT2D eigenvalue weighted by Gasteiger charge is 2.07. The number of anilines is 1. The second-order valence-corrected chi connectivity index (χ2v) is 4.31. The van der Waals surface area contributed by atoms with Crippen LogP contribution in [0.5, 0.6) is 0 Å². The Morgan fingerprint density at radius 3 is 2.50 bits per heavy atom. The Hall–Kier alpha value is -0.210. The highest BCUT2D eigenvalue weighted by atomic mass is 79.9. The molecule has 1 rings (SSSR count). The van der Waals surface area contributed by atoms with E-state index in [2.05, 4.69) is 29.8 Å². The summed E-state index contributed by atoms with van der Waals surface area (Å²) in [6, 6.07) is 3.75. The highest BCUT2D eigenvalue weighted by molar-refractivity contribution is 9.10. The Labute approximate surface area is 86.0 Å². The Kier molecular flexibility index (Phi) is 3.02. The van der Waals surface area contributed by atoms with Gasteiger partial charge in [-0.05, 0) is 39.5 Å². The normalized spacial score (nSPS) is 10.8. The molecule has 0 spiro atoms. The van der Waals surface area contributed by atoms with E-state index in [-0.39, 0.29) is 0 Å². The molecule has 0 heterocycles. The number of hydrogen-bond donors (Lipinski definition) is 1. The average Bonchev–Trinajstić information content (AvgIpc) is 1.96. The Balaban J connectivity index is 3.23. The van der Waals surface area contributed by atoms with Crippen LogP contribution in [-0.4, -0.2) is 0 Å². The monoisotopic (exact) mass is 247 g/mol. The largest absolute Gasteiger partial charge is 0.398 e. The van der Waals surface area contributed by atoms with Gasteiger partial charge in [-0.15, -0.1) is 0 Å². The summed E-state index contributed by atoms with van der Waals surface area (Å²) in [6.45, 7) is 4.18. The molecule has 0 aliphatic heterocycles.